The van der Waals surface area contributed by atoms with E-state index >= 15 is 0 Å². The standard InChI is InChI=1S/C13H26N2.ClH/c1-13(2)6-4-8-15(11-13)10-12-5-3-7-14-9-12;/h12,14H,3-11H2,1-2H3;1H. The maximum absolute atomic E-state index is 3.52. The SMILES string of the molecule is CC1(C)CCCN(CC2CCCNC2)C1.Cl. The van der Waals surface area contributed by atoms with Crippen LogP contribution < -0.4 is 5.32 Å². The second-order valence-electron chi connectivity index (χ2n) is 6.22. The van der Waals surface area contributed by atoms with Gasteiger partial charge in [-0.05, 0) is 56.7 Å². The molecular weight excluding hydrogens is 220 g/mol. The van der Waals surface area contributed by atoms with Crippen molar-refractivity contribution in [3.05, 3.63) is 0 Å². The minimum Gasteiger partial charge on any atom is -0.316 e. The summed E-state index contributed by atoms with van der Waals surface area (Å²) in [6, 6.07) is 0. The molecule has 2 rings (SSSR count). The second kappa shape index (κ2) is 6.23. The Balaban J connectivity index is 0.00000128. The highest BCUT2D eigenvalue weighted by atomic mass is 35.5. The van der Waals surface area contributed by atoms with Crippen LogP contribution in [0.2, 0.25) is 0 Å². The third-order valence-electron chi connectivity index (χ3n) is 3.89. The van der Waals surface area contributed by atoms with Crippen LogP contribution in [0, 0.1) is 11.3 Å². The summed E-state index contributed by atoms with van der Waals surface area (Å²) >= 11 is 0. The van der Waals surface area contributed by atoms with Crippen LogP contribution in [0.15, 0.2) is 0 Å². The number of likely N-dealkylation sites (tertiary alicyclic amines) is 1. The van der Waals surface area contributed by atoms with Crippen LogP contribution in [-0.2, 0) is 0 Å². The Kier molecular flexibility index (Phi) is 5.55. The fourth-order valence-electron chi connectivity index (χ4n) is 3.15. The van der Waals surface area contributed by atoms with Crippen molar-refractivity contribution in [2.24, 2.45) is 11.3 Å². The van der Waals surface area contributed by atoms with Crippen LogP contribution in [0.5, 0.6) is 0 Å². The number of piperidine rings is 2. The molecule has 2 aliphatic heterocycles. The molecule has 2 aliphatic rings. The lowest BCUT2D eigenvalue weighted by Crippen LogP contribution is -2.45. The number of nitrogens with one attached hydrogen (secondary N) is 1. The molecule has 1 atom stereocenters. The molecule has 0 spiro atoms. The molecule has 0 aromatic rings. The normalized spacial score (nSPS) is 30.8. The van der Waals surface area contributed by atoms with Gasteiger partial charge in [-0.3, -0.25) is 0 Å². The second-order valence-corrected chi connectivity index (χ2v) is 6.22. The van der Waals surface area contributed by atoms with Crippen LogP contribution in [0.3, 0.4) is 0 Å². The van der Waals surface area contributed by atoms with E-state index in [1.807, 2.05) is 0 Å². The number of hydrogen-bond donors (Lipinski definition) is 1. The highest BCUT2D eigenvalue weighted by Gasteiger charge is 2.27. The van der Waals surface area contributed by atoms with Gasteiger partial charge in [0.05, 0.1) is 0 Å². The van der Waals surface area contributed by atoms with E-state index in [1.54, 1.807) is 0 Å². The number of nitrogens with zero attached hydrogens (tertiary/aromatic N) is 1. The first-order valence-corrected chi connectivity index (χ1v) is 6.59. The lowest BCUT2D eigenvalue weighted by Gasteiger charge is -2.40. The maximum Gasteiger partial charge on any atom is 0.00328 e. The van der Waals surface area contributed by atoms with E-state index in [-0.39, 0.29) is 12.4 Å². The molecule has 0 amide bonds. The molecule has 2 saturated heterocycles. The van der Waals surface area contributed by atoms with Crippen molar-refractivity contribution in [1.29, 1.82) is 0 Å². The van der Waals surface area contributed by atoms with Crippen LogP contribution in [0.25, 0.3) is 0 Å². The largest absolute Gasteiger partial charge is 0.316 e. The summed E-state index contributed by atoms with van der Waals surface area (Å²) in [6.45, 7) is 11.3. The fourth-order valence-corrected chi connectivity index (χ4v) is 3.15. The molecule has 0 aliphatic carbocycles. The molecule has 1 unspecified atom stereocenters. The van der Waals surface area contributed by atoms with E-state index in [0.29, 0.717) is 5.41 Å². The van der Waals surface area contributed by atoms with Gasteiger partial charge in [-0.25, -0.2) is 0 Å². The first kappa shape index (κ1) is 14.3. The highest BCUT2D eigenvalue weighted by molar-refractivity contribution is 5.85. The van der Waals surface area contributed by atoms with E-state index in [1.165, 1.54) is 58.4 Å². The Morgan fingerprint density at radius 3 is 2.75 bits per heavy atom. The Bertz CT molecular complexity index is 200. The molecule has 96 valence electrons. The Hall–Kier alpha value is 0.210. The van der Waals surface area contributed by atoms with Crippen molar-refractivity contribution >= 4 is 12.4 Å². The smallest absolute Gasteiger partial charge is 0.00328 e. The molecular formula is C13H27ClN2. The van der Waals surface area contributed by atoms with Gasteiger partial charge in [0, 0.05) is 13.1 Å². The van der Waals surface area contributed by atoms with Gasteiger partial charge in [0.15, 0.2) is 0 Å². The van der Waals surface area contributed by atoms with Crippen molar-refractivity contribution in [1.82, 2.24) is 10.2 Å². The average molecular weight is 247 g/mol. The molecule has 2 heterocycles. The zero-order valence-electron chi connectivity index (χ0n) is 10.8. The summed E-state index contributed by atoms with van der Waals surface area (Å²) in [5.74, 6) is 0.910. The number of rotatable bonds is 2. The quantitative estimate of drug-likeness (QED) is 0.806. The van der Waals surface area contributed by atoms with Crippen LogP contribution in [-0.4, -0.2) is 37.6 Å². The average Bonchev–Trinajstić information content (AvgIpc) is 2.17. The van der Waals surface area contributed by atoms with Crippen molar-refractivity contribution in [3.63, 3.8) is 0 Å². The van der Waals surface area contributed by atoms with Crippen LogP contribution >= 0.6 is 12.4 Å². The van der Waals surface area contributed by atoms with Crippen molar-refractivity contribution < 1.29 is 0 Å². The highest BCUT2D eigenvalue weighted by Crippen LogP contribution is 2.29. The van der Waals surface area contributed by atoms with Gasteiger partial charge >= 0.3 is 0 Å². The van der Waals surface area contributed by atoms with Gasteiger partial charge in [-0.15, -0.1) is 12.4 Å². The first-order valence-electron chi connectivity index (χ1n) is 6.59. The van der Waals surface area contributed by atoms with Crippen molar-refractivity contribution in [2.45, 2.75) is 39.5 Å². The number of halogens is 1. The minimum atomic E-state index is 0. The molecule has 0 aromatic heterocycles. The van der Waals surface area contributed by atoms with Gasteiger partial charge in [-0.2, -0.15) is 0 Å². The summed E-state index contributed by atoms with van der Waals surface area (Å²) in [4.78, 5) is 2.70. The predicted molar refractivity (Wildman–Crippen MR) is 72.3 cm³/mol. The van der Waals surface area contributed by atoms with Crippen molar-refractivity contribution in [3.8, 4) is 0 Å². The third kappa shape index (κ3) is 4.23. The summed E-state index contributed by atoms with van der Waals surface area (Å²) in [5.41, 5.74) is 0.556. The summed E-state index contributed by atoms with van der Waals surface area (Å²) in [5, 5.41) is 3.52. The lowest BCUT2D eigenvalue weighted by atomic mass is 9.83. The van der Waals surface area contributed by atoms with Gasteiger partial charge in [0.1, 0.15) is 0 Å². The predicted octanol–water partition coefficient (Wildman–Crippen LogP) is 2.53. The minimum absolute atomic E-state index is 0. The lowest BCUT2D eigenvalue weighted by molar-refractivity contribution is 0.0965. The number of hydrogen-bond acceptors (Lipinski definition) is 2. The van der Waals surface area contributed by atoms with Crippen LogP contribution in [0.1, 0.15) is 39.5 Å². The Labute approximate surface area is 107 Å². The molecule has 3 heteroatoms. The monoisotopic (exact) mass is 246 g/mol. The zero-order chi connectivity index (χ0) is 10.7. The van der Waals surface area contributed by atoms with Crippen LogP contribution in [0.4, 0.5) is 0 Å². The summed E-state index contributed by atoms with van der Waals surface area (Å²) in [7, 11) is 0. The summed E-state index contributed by atoms with van der Waals surface area (Å²) in [6.07, 6.45) is 5.62. The third-order valence-corrected chi connectivity index (χ3v) is 3.89. The Morgan fingerprint density at radius 1 is 1.31 bits per heavy atom. The summed E-state index contributed by atoms with van der Waals surface area (Å²) < 4.78 is 0. The van der Waals surface area contributed by atoms with E-state index in [9.17, 15) is 0 Å². The molecule has 0 radical (unpaired) electrons. The fraction of sp³-hybridized carbons (Fsp3) is 1.00. The van der Waals surface area contributed by atoms with E-state index in [0.717, 1.165) is 5.92 Å². The molecule has 16 heavy (non-hydrogen) atoms. The maximum atomic E-state index is 3.52. The molecule has 2 nitrogen and oxygen atoms in total. The van der Waals surface area contributed by atoms with Gasteiger partial charge < -0.3 is 10.2 Å². The molecule has 0 bridgehead atoms. The molecule has 0 saturated carbocycles. The molecule has 2 fully saturated rings. The zero-order valence-corrected chi connectivity index (χ0v) is 11.6. The van der Waals surface area contributed by atoms with E-state index in [4.69, 9.17) is 0 Å². The topological polar surface area (TPSA) is 15.3 Å². The van der Waals surface area contributed by atoms with E-state index in [2.05, 4.69) is 24.1 Å². The van der Waals surface area contributed by atoms with Gasteiger partial charge in [0.2, 0.25) is 0 Å². The Morgan fingerprint density at radius 2 is 2.12 bits per heavy atom. The van der Waals surface area contributed by atoms with E-state index < -0.39 is 0 Å². The molecule has 1 N–H and O–H groups in total. The van der Waals surface area contributed by atoms with Gasteiger partial charge in [-0.1, -0.05) is 13.8 Å². The molecule has 0 aromatic carbocycles. The first-order chi connectivity index (χ1) is 7.16. The van der Waals surface area contributed by atoms with Gasteiger partial charge in [0.25, 0.3) is 0 Å². The van der Waals surface area contributed by atoms with Crippen molar-refractivity contribution in [2.75, 3.05) is 32.7 Å².